The molecule has 0 bridgehead atoms. The summed E-state index contributed by atoms with van der Waals surface area (Å²) in [6.07, 6.45) is 3.35. The second-order valence-electron chi connectivity index (χ2n) is 3.40. The van der Waals surface area contributed by atoms with E-state index >= 15 is 0 Å². The van der Waals surface area contributed by atoms with Crippen molar-refractivity contribution >= 4 is 6.29 Å². The maximum Gasteiger partial charge on any atom is 0.123 e. The zero-order valence-electron chi connectivity index (χ0n) is 8.37. The maximum atomic E-state index is 12.6. The van der Waals surface area contributed by atoms with E-state index in [1.54, 1.807) is 12.1 Å². The SMILES string of the molecule is CC[C@H](CCC=O)c1ccc(F)cc1. The van der Waals surface area contributed by atoms with Gasteiger partial charge in [0.2, 0.25) is 0 Å². The molecule has 0 saturated heterocycles. The average molecular weight is 194 g/mol. The highest BCUT2D eigenvalue weighted by atomic mass is 19.1. The molecule has 0 fully saturated rings. The summed E-state index contributed by atoms with van der Waals surface area (Å²) in [6.45, 7) is 2.08. The first-order valence-electron chi connectivity index (χ1n) is 4.97. The lowest BCUT2D eigenvalue weighted by atomic mass is 9.92. The third-order valence-corrected chi connectivity index (χ3v) is 2.47. The summed E-state index contributed by atoms with van der Waals surface area (Å²) in [7, 11) is 0. The molecule has 0 unspecified atom stereocenters. The van der Waals surface area contributed by atoms with Gasteiger partial charge in [0, 0.05) is 6.42 Å². The van der Waals surface area contributed by atoms with Crippen LogP contribution in [-0.4, -0.2) is 6.29 Å². The zero-order valence-corrected chi connectivity index (χ0v) is 8.37. The molecule has 76 valence electrons. The van der Waals surface area contributed by atoms with Crippen molar-refractivity contribution < 1.29 is 9.18 Å². The molecule has 2 heteroatoms. The fourth-order valence-electron chi connectivity index (χ4n) is 1.61. The number of carbonyl (C=O) groups is 1. The summed E-state index contributed by atoms with van der Waals surface area (Å²) in [4.78, 5) is 10.3. The molecule has 1 rings (SSSR count). The summed E-state index contributed by atoms with van der Waals surface area (Å²) in [6, 6.07) is 6.54. The molecule has 0 heterocycles. The van der Waals surface area contributed by atoms with Gasteiger partial charge in [0.15, 0.2) is 0 Å². The minimum Gasteiger partial charge on any atom is -0.303 e. The van der Waals surface area contributed by atoms with Crippen molar-refractivity contribution in [3.63, 3.8) is 0 Å². The van der Waals surface area contributed by atoms with Crippen LogP contribution in [0.3, 0.4) is 0 Å². The number of halogens is 1. The van der Waals surface area contributed by atoms with Crippen LogP contribution in [0.15, 0.2) is 24.3 Å². The van der Waals surface area contributed by atoms with E-state index in [-0.39, 0.29) is 5.82 Å². The van der Waals surface area contributed by atoms with Crippen LogP contribution in [0.5, 0.6) is 0 Å². The first-order chi connectivity index (χ1) is 6.77. The lowest BCUT2D eigenvalue weighted by Gasteiger charge is -2.13. The minimum atomic E-state index is -0.209. The molecule has 0 saturated carbocycles. The van der Waals surface area contributed by atoms with E-state index in [0.29, 0.717) is 12.3 Å². The van der Waals surface area contributed by atoms with Gasteiger partial charge >= 0.3 is 0 Å². The Morgan fingerprint density at radius 3 is 2.50 bits per heavy atom. The highest BCUT2D eigenvalue weighted by Gasteiger charge is 2.08. The minimum absolute atomic E-state index is 0.209. The first-order valence-corrected chi connectivity index (χ1v) is 4.97. The Kier molecular flexibility index (Phi) is 4.30. The lowest BCUT2D eigenvalue weighted by molar-refractivity contribution is -0.108. The first kappa shape index (κ1) is 10.9. The Morgan fingerprint density at radius 2 is 2.00 bits per heavy atom. The summed E-state index contributed by atoms with van der Waals surface area (Å²) in [5, 5.41) is 0. The smallest absolute Gasteiger partial charge is 0.123 e. The van der Waals surface area contributed by atoms with E-state index in [4.69, 9.17) is 0 Å². The highest BCUT2D eigenvalue weighted by molar-refractivity contribution is 5.49. The number of hydrogen-bond acceptors (Lipinski definition) is 1. The number of benzene rings is 1. The molecule has 1 aromatic carbocycles. The predicted octanol–water partition coefficient (Wildman–Crippen LogP) is 3.30. The molecular weight excluding hydrogens is 179 g/mol. The molecule has 14 heavy (non-hydrogen) atoms. The van der Waals surface area contributed by atoms with Gasteiger partial charge < -0.3 is 4.79 Å². The Labute approximate surface area is 83.9 Å². The van der Waals surface area contributed by atoms with Gasteiger partial charge in [0.05, 0.1) is 0 Å². The molecule has 0 N–H and O–H groups in total. The van der Waals surface area contributed by atoms with Crippen LogP contribution < -0.4 is 0 Å². The van der Waals surface area contributed by atoms with Crippen molar-refractivity contribution in [2.24, 2.45) is 0 Å². The van der Waals surface area contributed by atoms with Gasteiger partial charge in [0.1, 0.15) is 12.1 Å². The second-order valence-corrected chi connectivity index (χ2v) is 3.40. The van der Waals surface area contributed by atoms with Crippen molar-refractivity contribution in [2.75, 3.05) is 0 Å². The molecular formula is C12H15FO. The van der Waals surface area contributed by atoms with Crippen LogP contribution in [0.25, 0.3) is 0 Å². The molecule has 0 spiro atoms. The Balaban J connectivity index is 2.68. The van der Waals surface area contributed by atoms with Crippen LogP contribution in [0.1, 0.15) is 37.7 Å². The summed E-state index contributed by atoms with van der Waals surface area (Å²) >= 11 is 0. The highest BCUT2D eigenvalue weighted by Crippen LogP contribution is 2.24. The van der Waals surface area contributed by atoms with Crippen molar-refractivity contribution in [1.82, 2.24) is 0 Å². The van der Waals surface area contributed by atoms with Gasteiger partial charge in [-0.3, -0.25) is 0 Å². The summed E-state index contributed by atoms with van der Waals surface area (Å²) in [5.41, 5.74) is 1.12. The van der Waals surface area contributed by atoms with E-state index in [1.807, 2.05) is 0 Å². The molecule has 1 nitrogen and oxygen atoms in total. The predicted molar refractivity (Wildman–Crippen MR) is 54.7 cm³/mol. The fraction of sp³-hybridized carbons (Fsp3) is 0.417. The van der Waals surface area contributed by atoms with Gasteiger partial charge in [-0.15, -0.1) is 0 Å². The Morgan fingerprint density at radius 1 is 1.36 bits per heavy atom. The topological polar surface area (TPSA) is 17.1 Å². The molecule has 0 aliphatic carbocycles. The van der Waals surface area contributed by atoms with Crippen LogP contribution >= 0.6 is 0 Å². The summed E-state index contributed by atoms with van der Waals surface area (Å²) in [5.74, 6) is 0.166. The molecule has 1 atom stereocenters. The zero-order chi connectivity index (χ0) is 10.4. The van der Waals surface area contributed by atoms with Crippen LogP contribution in [0.2, 0.25) is 0 Å². The number of carbonyl (C=O) groups excluding carboxylic acids is 1. The van der Waals surface area contributed by atoms with Crippen LogP contribution in [-0.2, 0) is 4.79 Å². The van der Waals surface area contributed by atoms with Crippen molar-refractivity contribution in [2.45, 2.75) is 32.1 Å². The van der Waals surface area contributed by atoms with Crippen molar-refractivity contribution in [3.8, 4) is 0 Å². The standard InChI is InChI=1S/C12H15FO/c1-2-10(4-3-9-14)11-5-7-12(13)8-6-11/h5-10H,2-4H2,1H3/t10-/m1/s1. The van der Waals surface area contributed by atoms with Crippen LogP contribution in [0, 0.1) is 5.82 Å². The molecule has 0 aliphatic heterocycles. The molecule has 0 radical (unpaired) electrons. The third kappa shape index (κ3) is 2.95. The van der Waals surface area contributed by atoms with Gasteiger partial charge in [-0.25, -0.2) is 4.39 Å². The second kappa shape index (κ2) is 5.53. The van der Waals surface area contributed by atoms with E-state index in [1.165, 1.54) is 12.1 Å². The fourth-order valence-corrected chi connectivity index (χ4v) is 1.61. The molecule has 0 aromatic heterocycles. The maximum absolute atomic E-state index is 12.6. The van der Waals surface area contributed by atoms with E-state index < -0.39 is 0 Å². The van der Waals surface area contributed by atoms with Crippen molar-refractivity contribution in [1.29, 1.82) is 0 Å². The van der Waals surface area contributed by atoms with E-state index in [2.05, 4.69) is 6.92 Å². The average Bonchev–Trinajstić information content (AvgIpc) is 2.21. The third-order valence-electron chi connectivity index (χ3n) is 2.47. The summed E-state index contributed by atoms with van der Waals surface area (Å²) < 4.78 is 12.6. The monoisotopic (exact) mass is 194 g/mol. The molecule has 0 amide bonds. The number of aldehydes is 1. The quantitative estimate of drug-likeness (QED) is 0.657. The van der Waals surface area contributed by atoms with Gasteiger partial charge in [-0.1, -0.05) is 19.1 Å². The lowest BCUT2D eigenvalue weighted by Crippen LogP contribution is -1.97. The van der Waals surface area contributed by atoms with Gasteiger partial charge in [0.25, 0.3) is 0 Å². The van der Waals surface area contributed by atoms with E-state index in [9.17, 15) is 9.18 Å². The normalized spacial score (nSPS) is 12.4. The number of hydrogen-bond donors (Lipinski definition) is 0. The number of rotatable bonds is 5. The van der Waals surface area contributed by atoms with Gasteiger partial charge in [-0.2, -0.15) is 0 Å². The Bertz CT molecular complexity index is 279. The Hall–Kier alpha value is -1.18. The van der Waals surface area contributed by atoms with Crippen LogP contribution in [0.4, 0.5) is 4.39 Å². The molecule has 0 aliphatic rings. The van der Waals surface area contributed by atoms with Crippen molar-refractivity contribution in [3.05, 3.63) is 35.6 Å². The molecule has 1 aromatic rings. The largest absolute Gasteiger partial charge is 0.303 e. The van der Waals surface area contributed by atoms with E-state index in [0.717, 1.165) is 24.7 Å². The van der Waals surface area contributed by atoms with Gasteiger partial charge in [-0.05, 0) is 36.5 Å².